The van der Waals surface area contributed by atoms with Crippen LogP contribution in [0.1, 0.15) is 99.1 Å². The van der Waals surface area contributed by atoms with Gasteiger partial charge >= 0.3 is 20.4 Å². The van der Waals surface area contributed by atoms with Crippen LogP contribution in [-0.2, 0) is 46.1 Å². The number of allylic oxidation sites excluding steroid dienone is 2. The van der Waals surface area contributed by atoms with Gasteiger partial charge in [-0.15, -0.1) is 0 Å². The van der Waals surface area contributed by atoms with Gasteiger partial charge in [0.2, 0.25) is 11.4 Å². The van der Waals surface area contributed by atoms with Crippen LogP contribution in [0.25, 0.3) is 16.9 Å². The summed E-state index contributed by atoms with van der Waals surface area (Å²) in [4.78, 5) is 0. The zero-order valence-corrected chi connectivity index (χ0v) is 30.4. The average Bonchev–Trinajstić information content (AvgIpc) is 3.46. The van der Waals surface area contributed by atoms with Crippen molar-refractivity contribution in [3.8, 4) is 0 Å². The first-order valence-corrected chi connectivity index (χ1v) is 17.3. The Labute approximate surface area is 300 Å². The average molecular weight is 717 g/mol. The monoisotopic (exact) mass is 716 g/mol. The summed E-state index contributed by atoms with van der Waals surface area (Å²) in [5.41, 5.74) is 21.8. The van der Waals surface area contributed by atoms with Crippen LogP contribution in [0.4, 0.5) is 0 Å². The van der Waals surface area contributed by atoms with Crippen molar-refractivity contribution in [1.82, 2.24) is 0 Å². The zero-order chi connectivity index (χ0) is 33.0. The SMILES string of the molecule is CCCCCCc1cccc(C2=CC(CCCC)=C(c3cccc(CC)c3)[N+]2=[N-])c1.[CH2-]Cc1ccccc1.[CH2-]Cc1ccccc1.[Pd+2]. The molecule has 0 aliphatic carbocycles. The molecule has 0 atom stereocenters. The molecule has 0 spiro atoms. The van der Waals surface area contributed by atoms with E-state index in [0.717, 1.165) is 67.5 Å². The van der Waals surface area contributed by atoms with Crippen molar-refractivity contribution >= 4 is 11.4 Å². The third-order valence-corrected chi connectivity index (χ3v) is 8.27. The summed E-state index contributed by atoms with van der Waals surface area (Å²) in [7, 11) is 0. The Bertz CT molecular complexity index is 1480. The van der Waals surface area contributed by atoms with Crippen LogP contribution in [0, 0.1) is 13.8 Å². The summed E-state index contributed by atoms with van der Waals surface area (Å²) in [6, 6.07) is 37.7. The Morgan fingerprint density at radius 1 is 0.553 bits per heavy atom. The number of unbranched alkanes of at least 4 members (excludes halogenated alkanes) is 4. The summed E-state index contributed by atoms with van der Waals surface area (Å²) in [6.45, 7) is 14.2. The maximum absolute atomic E-state index is 11.2. The molecule has 1 heterocycles. The first kappa shape index (κ1) is 39.8. The van der Waals surface area contributed by atoms with Crippen molar-refractivity contribution < 1.29 is 25.1 Å². The third kappa shape index (κ3) is 13.3. The predicted molar refractivity (Wildman–Crippen MR) is 199 cm³/mol. The number of nitrogens with zero attached hydrogens (tertiary/aromatic N) is 2. The molecule has 0 unspecified atom stereocenters. The Morgan fingerprint density at radius 3 is 1.62 bits per heavy atom. The Kier molecular flexibility index (Phi) is 19.5. The van der Waals surface area contributed by atoms with Crippen molar-refractivity contribution in [1.29, 1.82) is 0 Å². The molecule has 1 aliphatic heterocycles. The van der Waals surface area contributed by atoms with Crippen molar-refractivity contribution in [3.05, 3.63) is 174 Å². The second-order valence-electron chi connectivity index (χ2n) is 11.9. The maximum Gasteiger partial charge on any atom is 2.00 e. The molecule has 2 nitrogen and oxygen atoms in total. The minimum atomic E-state index is 0. The third-order valence-electron chi connectivity index (χ3n) is 8.27. The zero-order valence-electron chi connectivity index (χ0n) is 28.9. The molecule has 0 saturated heterocycles. The Hall–Kier alpha value is -3.38. The fourth-order valence-electron chi connectivity index (χ4n) is 5.49. The van der Waals surface area contributed by atoms with Crippen LogP contribution in [0.5, 0.6) is 0 Å². The van der Waals surface area contributed by atoms with E-state index in [1.807, 2.05) is 36.4 Å². The van der Waals surface area contributed by atoms with Gasteiger partial charge in [0.1, 0.15) is 0 Å². The van der Waals surface area contributed by atoms with Gasteiger partial charge in [0.25, 0.3) is 0 Å². The molecular weight excluding hydrogens is 663 g/mol. The van der Waals surface area contributed by atoms with E-state index >= 15 is 0 Å². The van der Waals surface area contributed by atoms with Crippen molar-refractivity contribution in [2.24, 2.45) is 0 Å². The van der Waals surface area contributed by atoms with Gasteiger partial charge in [0, 0.05) is 22.8 Å². The molecule has 1 aliphatic rings. The molecular formula is C44H54N2Pd. The molecule has 0 radical (unpaired) electrons. The van der Waals surface area contributed by atoms with E-state index in [4.69, 9.17) is 0 Å². The largest absolute Gasteiger partial charge is 2.00 e. The van der Waals surface area contributed by atoms with E-state index in [1.165, 1.54) is 58.2 Å². The van der Waals surface area contributed by atoms with Gasteiger partial charge in [-0.05, 0) is 67.5 Å². The fraction of sp³-hybridized carbons (Fsp3) is 0.318. The van der Waals surface area contributed by atoms with Gasteiger partial charge in [0.15, 0.2) is 0 Å². The maximum atomic E-state index is 11.2. The number of benzene rings is 4. The predicted octanol–water partition coefficient (Wildman–Crippen LogP) is 12.5. The summed E-state index contributed by atoms with van der Waals surface area (Å²) in [5, 5.41) is 0. The molecule has 4 aromatic rings. The van der Waals surface area contributed by atoms with Crippen LogP contribution in [0.3, 0.4) is 0 Å². The molecule has 0 bridgehead atoms. The van der Waals surface area contributed by atoms with Crippen LogP contribution in [0.2, 0.25) is 0 Å². The van der Waals surface area contributed by atoms with E-state index in [1.54, 1.807) is 0 Å². The molecule has 47 heavy (non-hydrogen) atoms. The molecule has 0 aromatic heterocycles. The molecule has 0 amide bonds. The molecule has 0 saturated carbocycles. The molecule has 0 N–H and O–H groups in total. The van der Waals surface area contributed by atoms with Gasteiger partial charge in [-0.3, -0.25) is 0 Å². The van der Waals surface area contributed by atoms with E-state index in [2.05, 4.69) is 113 Å². The van der Waals surface area contributed by atoms with Crippen molar-refractivity contribution in [2.75, 3.05) is 0 Å². The summed E-state index contributed by atoms with van der Waals surface area (Å²) >= 11 is 0. The van der Waals surface area contributed by atoms with Crippen LogP contribution >= 0.6 is 0 Å². The van der Waals surface area contributed by atoms with Crippen LogP contribution < -0.4 is 0 Å². The van der Waals surface area contributed by atoms with Crippen LogP contribution in [0.15, 0.2) is 121 Å². The molecule has 250 valence electrons. The number of hydrogen-bond donors (Lipinski definition) is 0. The second kappa shape index (κ2) is 23.0. The second-order valence-corrected chi connectivity index (χ2v) is 11.9. The van der Waals surface area contributed by atoms with Gasteiger partial charge in [-0.2, -0.15) is 12.8 Å². The Morgan fingerprint density at radius 2 is 1.09 bits per heavy atom. The van der Waals surface area contributed by atoms with Crippen molar-refractivity contribution in [3.63, 3.8) is 0 Å². The standard InChI is InChI=1S/C28H36N2.2C8H9.Pd/c1-4-7-9-10-13-23-15-12-17-24(20-23)27-21-26(16-8-5-2)28(30(27)29)25-18-11-14-22(6-3)19-25;2*1-2-8-6-4-3-5-7-8;/h11-12,14-15,17-21H,4-10,13,16H2,1-3H3;2*3-7H,1-2H2;/q;2*-1;+2. The van der Waals surface area contributed by atoms with Crippen molar-refractivity contribution in [2.45, 2.75) is 91.4 Å². The number of aryl methyl sites for hydroxylation is 2. The molecule has 0 fully saturated rings. The van der Waals surface area contributed by atoms with E-state index < -0.39 is 0 Å². The van der Waals surface area contributed by atoms with Crippen LogP contribution in [-0.4, -0.2) is 4.70 Å². The molecule has 3 heteroatoms. The first-order valence-electron chi connectivity index (χ1n) is 17.3. The van der Waals surface area contributed by atoms with Gasteiger partial charge in [-0.1, -0.05) is 143 Å². The minimum absolute atomic E-state index is 0. The van der Waals surface area contributed by atoms with E-state index in [9.17, 15) is 5.53 Å². The molecule has 5 rings (SSSR count). The van der Waals surface area contributed by atoms with Gasteiger partial charge in [-0.25, -0.2) is 4.70 Å². The van der Waals surface area contributed by atoms with E-state index in [0.29, 0.717) is 0 Å². The number of hydrogen-bond acceptors (Lipinski definition) is 0. The van der Waals surface area contributed by atoms with E-state index in [-0.39, 0.29) is 20.4 Å². The summed E-state index contributed by atoms with van der Waals surface area (Å²) < 4.78 is 1.43. The quantitative estimate of drug-likeness (QED) is 0.0570. The topological polar surface area (TPSA) is 25.3 Å². The summed E-state index contributed by atoms with van der Waals surface area (Å²) in [5.74, 6) is 0. The summed E-state index contributed by atoms with van der Waals surface area (Å²) in [6.07, 6.45) is 14.4. The number of rotatable bonds is 13. The first-order chi connectivity index (χ1) is 22.5. The molecule has 4 aromatic carbocycles. The smallest absolute Gasteiger partial charge is 0.493 e. The fourth-order valence-corrected chi connectivity index (χ4v) is 5.49. The normalized spacial score (nSPS) is 11.9. The van der Waals surface area contributed by atoms with Gasteiger partial charge in [0.05, 0.1) is 0 Å². The minimum Gasteiger partial charge on any atom is -0.493 e. The Balaban J connectivity index is 0.000000367. The van der Waals surface area contributed by atoms with Gasteiger partial charge < -0.3 is 19.4 Å².